The van der Waals surface area contributed by atoms with Crippen LogP contribution in [0.1, 0.15) is 10.6 Å². The van der Waals surface area contributed by atoms with Gasteiger partial charge >= 0.3 is 18.9 Å². The second-order valence-corrected chi connectivity index (χ2v) is 3.06. The minimum atomic E-state index is -1.33. The Balaban J connectivity index is 0.00000128. The van der Waals surface area contributed by atoms with E-state index in [2.05, 4.69) is 10.2 Å². The number of carbonyl (C=O) groups excluding carboxylic acids is 1. The van der Waals surface area contributed by atoms with E-state index in [1.807, 2.05) is 30.3 Å². The molecule has 2 aromatic rings. The molecule has 1 heterocycles. The Kier molecular flexibility index (Phi) is 3.88. The molecule has 0 aliphatic rings. The molecule has 5 nitrogen and oxygen atoms in total. The molecular weight excluding hydrogens is 201 g/mol. The van der Waals surface area contributed by atoms with Crippen molar-refractivity contribution in [1.82, 2.24) is 14.8 Å². The van der Waals surface area contributed by atoms with Gasteiger partial charge in [-0.05, 0) is 0 Å². The van der Waals surface area contributed by atoms with Gasteiger partial charge in [0.25, 0.3) is 0 Å². The van der Waals surface area contributed by atoms with E-state index in [9.17, 15) is 9.90 Å². The van der Waals surface area contributed by atoms with Crippen LogP contribution < -0.4 is 24.0 Å². The van der Waals surface area contributed by atoms with Crippen molar-refractivity contribution in [3.8, 4) is 11.4 Å². The average Bonchev–Trinajstić information content (AvgIpc) is 2.61. The number of carboxylic acids is 1. The van der Waals surface area contributed by atoms with Crippen molar-refractivity contribution in [3.05, 3.63) is 36.2 Å². The van der Waals surface area contributed by atoms with Crippen LogP contribution in [0.5, 0.6) is 0 Å². The van der Waals surface area contributed by atoms with E-state index in [-0.39, 0.29) is 24.7 Å². The zero-order chi connectivity index (χ0) is 10.8. The number of carboxylic acid groups (broad SMARTS) is 1. The van der Waals surface area contributed by atoms with E-state index in [1.54, 1.807) is 7.05 Å². The molecule has 0 N–H and O–H groups in total. The number of aromatic carboxylic acids is 1. The van der Waals surface area contributed by atoms with Crippen molar-refractivity contribution in [2.75, 3.05) is 0 Å². The van der Waals surface area contributed by atoms with Crippen molar-refractivity contribution >= 4 is 5.97 Å². The molecule has 76 valence electrons. The molecule has 16 heavy (non-hydrogen) atoms. The molecule has 0 atom stereocenters. The first-order chi connectivity index (χ1) is 7.20. The maximum Gasteiger partial charge on any atom is 1.00 e. The van der Waals surface area contributed by atoms with Crippen molar-refractivity contribution < 1.29 is 28.8 Å². The normalized spacial score (nSPS) is 9.56. The third-order valence-electron chi connectivity index (χ3n) is 2.09. The molecule has 0 spiro atoms. The average molecular weight is 209 g/mol. The Morgan fingerprint density at radius 1 is 1.25 bits per heavy atom. The Labute approximate surface area is 104 Å². The van der Waals surface area contributed by atoms with Crippen molar-refractivity contribution in [1.29, 1.82) is 0 Å². The number of hydrogen-bond donors (Lipinski definition) is 0. The van der Waals surface area contributed by atoms with Gasteiger partial charge in [0.15, 0.2) is 11.6 Å². The molecule has 1 aromatic heterocycles. The standard InChI is InChI=1S/C10H9N3O2.Li/c1-13-8(7-5-3-2-4-6-7)11-12-9(13)10(14)15;/h2-6H,1H3,(H,14,15);/q;+1/p-1. The summed E-state index contributed by atoms with van der Waals surface area (Å²) in [5, 5.41) is 18.0. The van der Waals surface area contributed by atoms with Gasteiger partial charge in [0.2, 0.25) is 0 Å². The van der Waals surface area contributed by atoms with E-state index in [4.69, 9.17) is 0 Å². The summed E-state index contributed by atoms with van der Waals surface area (Å²) in [6.45, 7) is 0. The van der Waals surface area contributed by atoms with Crippen LogP contribution in [0, 0.1) is 0 Å². The molecule has 0 amide bonds. The summed E-state index contributed by atoms with van der Waals surface area (Å²) in [5.41, 5.74) is 0.819. The van der Waals surface area contributed by atoms with Gasteiger partial charge in [-0.2, -0.15) is 0 Å². The van der Waals surface area contributed by atoms with Gasteiger partial charge in [-0.3, -0.25) is 0 Å². The molecule has 0 fully saturated rings. The first-order valence-corrected chi connectivity index (χ1v) is 4.36. The zero-order valence-electron chi connectivity index (χ0n) is 9.04. The minimum absolute atomic E-state index is 0. The summed E-state index contributed by atoms with van der Waals surface area (Å²) in [4.78, 5) is 10.6. The molecule has 0 saturated heterocycles. The topological polar surface area (TPSA) is 70.8 Å². The Bertz CT molecular complexity index is 496. The molecule has 2 rings (SSSR count). The summed E-state index contributed by atoms with van der Waals surface area (Å²) in [6.07, 6.45) is 0. The van der Waals surface area contributed by atoms with Gasteiger partial charge in [-0.1, -0.05) is 30.3 Å². The van der Waals surface area contributed by atoms with Gasteiger partial charge in [-0.15, -0.1) is 10.2 Å². The van der Waals surface area contributed by atoms with E-state index in [1.165, 1.54) is 4.57 Å². The van der Waals surface area contributed by atoms with E-state index in [0.717, 1.165) is 5.56 Å². The Morgan fingerprint density at radius 3 is 2.38 bits per heavy atom. The molecule has 0 saturated carbocycles. The fraction of sp³-hybridized carbons (Fsp3) is 0.100. The second kappa shape index (κ2) is 4.97. The zero-order valence-corrected chi connectivity index (χ0v) is 9.04. The number of rotatable bonds is 2. The maximum absolute atomic E-state index is 10.6. The first kappa shape index (κ1) is 12.5. The molecule has 0 aliphatic heterocycles. The van der Waals surface area contributed by atoms with Crippen LogP contribution >= 0.6 is 0 Å². The van der Waals surface area contributed by atoms with Crippen molar-refractivity contribution in [2.24, 2.45) is 7.05 Å². The molecule has 0 unspecified atom stereocenters. The maximum atomic E-state index is 10.6. The third-order valence-corrected chi connectivity index (χ3v) is 2.09. The number of carbonyl (C=O) groups is 1. The van der Waals surface area contributed by atoms with Gasteiger partial charge < -0.3 is 14.5 Å². The van der Waals surface area contributed by atoms with Crippen LogP contribution in [-0.2, 0) is 7.05 Å². The summed E-state index contributed by atoms with van der Waals surface area (Å²) < 4.78 is 1.39. The van der Waals surface area contributed by atoms with Crippen LogP contribution in [0.15, 0.2) is 30.3 Å². The summed E-state index contributed by atoms with van der Waals surface area (Å²) in [7, 11) is 1.59. The number of hydrogen-bond acceptors (Lipinski definition) is 4. The van der Waals surface area contributed by atoms with Crippen LogP contribution in [0.2, 0.25) is 0 Å². The minimum Gasteiger partial charge on any atom is -0.541 e. The molecule has 1 aromatic carbocycles. The van der Waals surface area contributed by atoms with Crippen molar-refractivity contribution in [2.45, 2.75) is 0 Å². The Morgan fingerprint density at radius 2 is 1.88 bits per heavy atom. The van der Waals surface area contributed by atoms with Crippen LogP contribution in [0.3, 0.4) is 0 Å². The largest absolute Gasteiger partial charge is 1.00 e. The second-order valence-electron chi connectivity index (χ2n) is 3.06. The molecular formula is C10H8LiN3O2. The third kappa shape index (κ3) is 2.16. The SMILES string of the molecule is Cn1c(C(=O)[O-])nnc1-c1ccccc1.[Li+]. The van der Waals surface area contributed by atoms with Crippen LogP contribution in [0.4, 0.5) is 0 Å². The van der Waals surface area contributed by atoms with Gasteiger partial charge in [0, 0.05) is 12.6 Å². The fourth-order valence-corrected chi connectivity index (χ4v) is 1.35. The first-order valence-electron chi connectivity index (χ1n) is 4.36. The predicted octanol–water partition coefficient (Wildman–Crippen LogP) is -3.15. The van der Waals surface area contributed by atoms with Crippen LogP contribution in [0.25, 0.3) is 11.4 Å². The van der Waals surface area contributed by atoms with Crippen molar-refractivity contribution in [3.63, 3.8) is 0 Å². The number of nitrogens with zero attached hydrogens (tertiary/aromatic N) is 3. The molecule has 6 heteroatoms. The molecule has 0 bridgehead atoms. The van der Waals surface area contributed by atoms with Crippen LogP contribution in [-0.4, -0.2) is 20.7 Å². The monoisotopic (exact) mass is 209 g/mol. The number of aromatic nitrogens is 3. The summed E-state index contributed by atoms with van der Waals surface area (Å²) in [6, 6.07) is 9.25. The summed E-state index contributed by atoms with van der Waals surface area (Å²) in [5.74, 6) is -0.990. The smallest absolute Gasteiger partial charge is 0.541 e. The van der Waals surface area contributed by atoms with E-state index in [0.29, 0.717) is 5.82 Å². The quantitative estimate of drug-likeness (QED) is 0.490. The van der Waals surface area contributed by atoms with E-state index >= 15 is 0 Å². The van der Waals surface area contributed by atoms with Gasteiger partial charge in [0.1, 0.15) is 5.97 Å². The van der Waals surface area contributed by atoms with E-state index < -0.39 is 5.97 Å². The van der Waals surface area contributed by atoms with Gasteiger partial charge in [0.05, 0.1) is 0 Å². The summed E-state index contributed by atoms with van der Waals surface area (Å²) >= 11 is 0. The number of benzene rings is 1. The fourth-order valence-electron chi connectivity index (χ4n) is 1.35. The Hall–Kier alpha value is -1.57. The molecule has 0 radical (unpaired) electrons. The molecule has 0 aliphatic carbocycles. The predicted molar refractivity (Wildman–Crippen MR) is 50.8 cm³/mol. The van der Waals surface area contributed by atoms with Gasteiger partial charge in [-0.25, -0.2) is 0 Å².